The molecule has 2 aromatic rings. The van der Waals surface area contributed by atoms with Gasteiger partial charge in [0.15, 0.2) is 5.82 Å². The molecule has 0 amide bonds. The van der Waals surface area contributed by atoms with E-state index in [0.29, 0.717) is 11.1 Å². The van der Waals surface area contributed by atoms with Gasteiger partial charge in [-0.15, -0.1) is 11.3 Å². The maximum Gasteiger partial charge on any atom is 0.171 e. The maximum atomic E-state index is 6.33. The second kappa shape index (κ2) is 6.18. The van der Waals surface area contributed by atoms with E-state index < -0.39 is 0 Å². The Hall–Kier alpha value is 0.280. The van der Waals surface area contributed by atoms with Crippen molar-refractivity contribution in [1.82, 2.24) is 9.97 Å². The number of hydrogen-bond donors (Lipinski definition) is 0. The van der Waals surface area contributed by atoms with Gasteiger partial charge < -0.3 is 0 Å². The van der Waals surface area contributed by atoms with E-state index in [2.05, 4.69) is 56.5 Å². The van der Waals surface area contributed by atoms with Crippen LogP contribution in [0.15, 0.2) is 10.5 Å². The number of hydrogen-bond acceptors (Lipinski definition) is 3. The van der Waals surface area contributed by atoms with Gasteiger partial charge in [0.2, 0.25) is 0 Å². The first kappa shape index (κ1) is 15.2. The number of halogens is 3. The summed E-state index contributed by atoms with van der Waals surface area (Å²) >= 11 is 13.9. The molecule has 0 aliphatic heterocycles. The number of rotatable bonds is 2. The summed E-state index contributed by atoms with van der Waals surface area (Å²) in [5.74, 6) is 1.31. The van der Waals surface area contributed by atoms with E-state index >= 15 is 0 Å². The largest absolute Gasteiger partial charge is 0.231 e. The Bertz CT molecular complexity index is 633. The molecular weight excluding hydrogens is 470 g/mol. The van der Waals surface area contributed by atoms with Crippen molar-refractivity contribution >= 4 is 61.5 Å². The van der Waals surface area contributed by atoms with Gasteiger partial charge in [-0.2, -0.15) is 0 Å². The zero-order chi connectivity index (χ0) is 14.3. The highest BCUT2D eigenvalue weighted by Gasteiger charge is 2.24. The minimum absolute atomic E-state index is 0.547. The summed E-state index contributed by atoms with van der Waals surface area (Å²) in [5.41, 5.74) is 1.14. The van der Waals surface area contributed by atoms with Gasteiger partial charge in [0.05, 0.1) is 14.1 Å². The molecule has 0 radical (unpaired) electrons. The lowest BCUT2D eigenvalue weighted by Gasteiger charge is -2.12. The van der Waals surface area contributed by atoms with E-state index in [1.165, 1.54) is 30.6 Å². The number of nitrogens with zero attached hydrogens (tertiary/aromatic N) is 2. The van der Waals surface area contributed by atoms with Crippen molar-refractivity contribution in [2.24, 2.45) is 0 Å². The molecular formula is C14H13BrClIN2S. The fraction of sp³-hybridized carbons (Fsp3) is 0.429. The molecule has 2 aromatic heterocycles. The van der Waals surface area contributed by atoms with Crippen LogP contribution >= 0.6 is 61.5 Å². The number of aromatic nitrogens is 2. The number of thiophene rings is 1. The zero-order valence-corrected chi connectivity index (χ0v) is 16.2. The van der Waals surface area contributed by atoms with Crippen LogP contribution in [0.2, 0.25) is 5.15 Å². The van der Waals surface area contributed by atoms with Crippen LogP contribution in [0.5, 0.6) is 0 Å². The quantitative estimate of drug-likeness (QED) is 0.376. The predicted octanol–water partition coefficient (Wildman–Crippen LogP) is 6.19. The monoisotopic (exact) mass is 482 g/mol. The average molecular weight is 484 g/mol. The summed E-state index contributed by atoms with van der Waals surface area (Å²) in [6.07, 6.45) is 5.02. The molecule has 0 spiro atoms. The van der Waals surface area contributed by atoms with E-state index in [-0.39, 0.29) is 0 Å². The second-order valence-corrected chi connectivity index (χ2v) is 8.58. The fourth-order valence-electron chi connectivity index (χ4n) is 2.59. The van der Waals surface area contributed by atoms with Crippen LogP contribution in [-0.2, 0) is 0 Å². The Labute approximate surface area is 149 Å². The summed E-state index contributed by atoms with van der Waals surface area (Å²) in [6.45, 7) is 2.09. The zero-order valence-electron chi connectivity index (χ0n) is 10.9. The van der Waals surface area contributed by atoms with Crippen LogP contribution < -0.4 is 0 Å². The Kier molecular flexibility index (Phi) is 4.69. The molecule has 1 fully saturated rings. The minimum Gasteiger partial charge on any atom is -0.231 e. The fourth-order valence-corrected chi connectivity index (χ4v) is 4.91. The lowest BCUT2D eigenvalue weighted by molar-refractivity contribution is 0.690. The molecule has 0 atom stereocenters. The highest BCUT2D eigenvalue weighted by molar-refractivity contribution is 14.1. The summed E-state index contributed by atoms with van der Waals surface area (Å²) in [4.78, 5) is 11.6. The Morgan fingerprint density at radius 2 is 2.05 bits per heavy atom. The third-order valence-electron chi connectivity index (χ3n) is 3.66. The van der Waals surface area contributed by atoms with Crippen molar-refractivity contribution in [3.05, 3.63) is 29.8 Å². The first-order chi connectivity index (χ1) is 9.56. The van der Waals surface area contributed by atoms with Crippen molar-refractivity contribution in [2.45, 2.75) is 38.5 Å². The molecule has 1 aliphatic carbocycles. The molecule has 3 rings (SSSR count). The molecule has 2 nitrogen and oxygen atoms in total. The third-order valence-corrected chi connectivity index (χ3v) is 7.44. The van der Waals surface area contributed by atoms with Crippen LogP contribution in [0.3, 0.4) is 0 Å². The van der Waals surface area contributed by atoms with Crippen molar-refractivity contribution in [3.63, 3.8) is 0 Å². The molecule has 6 heteroatoms. The second-order valence-electron chi connectivity index (χ2n) is 5.03. The van der Waals surface area contributed by atoms with Gasteiger partial charge in [-0.3, -0.25) is 0 Å². The van der Waals surface area contributed by atoms with Crippen molar-refractivity contribution in [1.29, 1.82) is 0 Å². The topological polar surface area (TPSA) is 25.8 Å². The maximum absolute atomic E-state index is 6.33. The van der Waals surface area contributed by atoms with Crippen LogP contribution in [-0.4, -0.2) is 9.97 Å². The molecule has 106 valence electrons. The van der Waals surface area contributed by atoms with Gasteiger partial charge >= 0.3 is 0 Å². The van der Waals surface area contributed by atoms with Gasteiger partial charge in [-0.1, -0.05) is 24.4 Å². The molecule has 2 heterocycles. The lowest BCUT2D eigenvalue weighted by Crippen LogP contribution is -2.04. The lowest BCUT2D eigenvalue weighted by atomic mass is 10.0. The highest BCUT2D eigenvalue weighted by atomic mass is 127. The Morgan fingerprint density at radius 3 is 2.65 bits per heavy atom. The van der Waals surface area contributed by atoms with Gasteiger partial charge in [-0.25, -0.2) is 9.97 Å². The molecule has 0 unspecified atom stereocenters. The molecule has 1 aliphatic rings. The molecule has 0 bridgehead atoms. The van der Waals surface area contributed by atoms with Gasteiger partial charge in [0.25, 0.3) is 0 Å². The van der Waals surface area contributed by atoms with Crippen LogP contribution in [0, 0.1) is 10.5 Å². The molecule has 0 saturated heterocycles. The van der Waals surface area contributed by atoms with Gasteiger partial charge in [-0.05, 0) is 64.4 Å². The normalized spacial score (nSPS) is 16.0. The van der Waals surface area contributed by atoms with Gasteiger partial charge in [0, 0.05) is 15.3 Å². The van der Waals surface area contributed by atoms with Gasteiger partial charge in [0.1, 0.15) is 5.15 Å². The smallest absolute Gasteiger partial charge is 0.171 e. The summed E-state index contributed by atoms with van der Waals surface area (Å²) in [6, 6.07) is 2.08. The Morgan fingerprint density at radius 1 is 1.35 bits per heavy atom. The first-order valence-electron chi connectivity index (χ1n) is 6.55. The van der Waals surface area contributed by atoms with E-state index in [1.54, 1.807) is 11.3 Å². The minimum atomic E-state index is 0.547. The van der Waals surface area contributed by atoms with E-state index in [0.717, 1.165) is 24.4 Å². The van der Waals surface area contributed by atoms with Crippen molar-refractivity contribution in [3.8, 4) is 10.7 Å². The van der Waals surface area contributed by atoms with Crippen molar-refractivity contribution < 1.29 is 0 Å². The third kappa shape index (κ3) is 2.91. The van der Waals surface area contributed by atoms with E-state index in [1.807, 2.05) is 0 Å². The predicted molar refractivity (Wildman–Crippen MR) is 96.7 cm³/mol. The molecule has 0 aromatic carbocycles. The van der Waals surface area contributed by atoms with Crippen LogP contribution in [0.1, 0.15) is 42.2 Å². The molecule has 1 saturated carbocycles. The molecule has 0 N–H and O–H groups in total. The van der Waals surface area contributed by atoms with E-state index in [4.69, 9.17) is 16.6 Å². The standard InChI is InChI=1S/C14H13BrClIN2S/c1-7-9(15)6-10(20-7)14-18-12(8-4-2-3-5-8)11(17)13(16)19-14/h6,8H,2-5H2,1H3. The average Bonchev–Trinajstić information content (AvgIpc) is 3.04. The first-order valence-corrected chi connectivity index (χ1v) is 9.62. The summed E-state index contributed by atoms with van der Waals surface area (Å²) < 4.78 is 2.13. The SMILES string of the molecule is Cc1sc(-c2nc(Cl)c(I)c(C3CCCC3)n2)cc1Br. The highest BCUT2D eigenvalue weighted by Crippen LogP contribution is 2.39. The van der Waals surface area contributed by atoms with Crippen LogP contribution in [0.25, 0.3) is 10.7 Å². The van der Waals surface area contributed by atoms with Crippen molar-refractivity contribution in [2.75, 3.05) is 0 Å². The van der Waals surface area contributed by atoms with E-state index in [9.17, 15) is 0 Å². The van der Waals surface area contributed by atoms with Crippen LogP contribution in [0.4, 0.5) is 0 Å². The Balaban J connectivity index is 2.08. The number of aryl methyl sites for hydroxylation is 1. The summed E-state index contributed by atoms with van der Waals surface area (Å²) in [5, 5.41) is 0.583. The summed E-state index contributed by atoms with van der Waals surface area (Å²) in [7, 11) is 0. The molecule has 20 heavy (non-hydrogen) atoms.